The fourth-order valence-electron chi connectivity index (χ4n) is 1.31. The van der Waals surface area contributed by atoms with Gasteiger partial charge in [-0.2, -0.15) is 0 Å². The minimum Gasteiger partial charge on any atom is -0.481 e. The number of nitrogen functional groups attached to an aromatic ring is 1. The number of anilines is 1. The van der Waals surface area contributed by atoms with Gasteiger partial charge in [0, 0.05) is 11.8 Å². The molecule has 0 aliphatic heterocycles. The average molecular weight is 195 g/mol. The van der Waals surface area contributed by atoms with E-state index in [-0.39, 0.29) is 12.2 Å². The molecule has 1 heterocycles. The summed E-state index contributed by atoms with van der Waals surface area (Å²) in [5, 5.41) is 8.66. The van der Waals surface area contributed by atoms with Crippen LogP contribution < -0.4 is 11.5 Å². The van der Waals surface area contributed by atoms with E-state index in [0.717, 1.165) is 0 Å². The zero-order valence-corrected chi connectivity index (χ0v) is 7.90. The Bertz CT molecular complexity index is 350. The van der Waals surface area contributed by atoms with Crippen molar-refractivity contribution in [1.29, 1.82) is 0 Å². The van der Waals surface area contributed by atoms with Gasteiger partial charge >= 0.3 is 5.97 Å². The summed E-state index contributed by atoms with van der Waals surface area (Å²) in [6, 6.07) is 3.37. The van der Waals surface area contributed by atoms with E-state index in [1.54, 1.807) is 19.1 Å². The minimum absolute atomic E-state index is 0.178. The van der Waals surface area contributed by atoms with Crippen LogP contribution in [0.25, 0.3) is 0 Å². The second-order valence-electron chi connectivity index (χ2n) is 3.42. The molecule has 1 aromatic rings. The molecule has 1 rings (SSSR count). The predicted octanol–water partition coefficient (Wildman–Crippen LogP) is 0.312. The molecule has 1 aromatic heterocycles. The number of carboxylic acids is 1. The first-order valence-corrected chi connectivity index (χ1v) is 4.15. The van der Waals surface area contributed by atoms with Crippen LogP contribution in [0.3, 0.4) is 0 Å². The van der Waals surface area contributed by atoms with Crippen molar-refractivity contribution in [2.24, 2.45) is 5.73 Å². The quantitative estimate of drug-likeness (QED) is 0.644. The number of carboxylic acid groups (broad SMARTS) is 1. The van der Waals surface area contributed by atoms with Crippen molar-refractivity contribution < 1.29 is 9.90 Å². The molecule has 0 bridgehead atoms. The maximum absolute atomic E-state index is 10.6. The Morgan fingerprint density at radius 3 is 2.86 bits per heavy atom. The Morgan fingerprint density at radius 1 is 1.71 bits per heavy atom. The molecule has 0 spiro atoms. The molecule has 0 saturated carbocycles. The summed E-state index contributed by atoms with van der Waals surface area (Å²) in [5.74, 6) is -0.683. The highest BCUT2D eigenvalue weighted by molar-refractivity contribution is 5.69. The maximum Gasteiger partial charge on any atom is 0.305 e. The van der Waals surface area contributed by atoms with Crippen molar-refractivity contribution >= 4 is 11.8 Å². The van der Waals surface area contributed by atoms with Crippen molar-refractivity contribution in [3.8, 4) is 0 Å². The normalized spacial score (nSPS) is 14.7. The van der Waals surface area contributed by atoms with Gasteiger partial charge in [0.05, 0.1) is 12.0 Å². The molecule has 5 N–H and O–H groups in total. The second-order valence-corrected chi connectivity index (χ2v) is 3.42. The monoisotopic (exact) mass is 195 g/mol. The first kappa shape index (κ1) is 10.5. The molecule has 0 amide bonds. The summed E-state index contributed by atoms with van der Waals surface area (Å²) in [7, 11) is 0. The predicted molar refractivity (Wildman–Crippen MR) is 52.4 cm³/mol. The van der Waals surface area contributed by atoms with E-state index in [2.05, 4.69) is 4.98 Å². The van der Waals surface area contributed by atoms with Crippen LogP contribution in [0.15, 0.2) is 18.3 Å². The molecule has 0 aromatic carbocycles. The molecule has 0 aliphatic rings. The van der Waals surface area contributed by atoms with E-state index in [9.17, 15) is 4.79 Å². The molecule has 0 aliphatic carbocycles. The van der Waals surface area contributed by atoms with Gasteiger partial charge < -0.3 is 16.6 Å². The zero-order valence-electron chi connectivity index (χ0n) is 7.90. The fraction of sp³-hybridized carbons (Fsp3) is 0.333. The number of rotatable bonds is 3. The molecular formula is C9H13N3O2. The lowest BCUT2D eigenvalue weighted by molar-refractivity contribution is -0.138. The molecule has 0 unspecified atom stereocenters. The Balaban J connectivity index is 3.03. The highest BCUT2D eigenvalue weighted by Crippen LogP contribution is 2.24. The van der Waals surface area contributed by atoms with E-state index in [1.165, 1.54) is 6.20 Å². The van der Waals surface area contributed by atoms with E-state index in [0.29, 0.717) is 5.56 Å². The highest BCUT2D eigenvalue weighted by atomic mass is 16.4. The number of aromatic nitrogens is 1. The average Bonchev–Trinajstić information content (AvgIpc) is 2.02. The third kappa shape index (κ3) is 2.20. The van der Waals surface area contributed by atoms with Crippen molar-refractivity contribution in [2.75, 3.05) is 5.73 Å². The first-order chi connectivity index (χ1) is 6.43. The van der Waals surface area contributed by atoms with Gasteiger partial charge in [-0.25, -0.2) is 4.98 Å². The molecule has 0 saturated heterocycles. The Kier molecular flexibility index (Phi) is 2.71. The van der Waals surface area contributed by atoms with Crippen LogP contribution in [-0.4, -0.2) is 16.1 Å². The number of pyridine rings is 1. The van der Waals surface area contributed by atoms with Crippen LogP contribution in [0, 0.1) is 0 Å². The number of aliphatic carboxylic acids is 1. The van der Waals surface area contributed by atoms with E-state index in [1.807, 2.05) is 0 Å². The van der Waals surface area contributed by atoms with Crippen molar-refractivity contribution in [2.45, 2.75) is 18.9 Å². The molecule has 1 atom stereocenters. The Labute approximate surface area is 81.7 Å². The third-order valence-electron chi connectivity index (χ3n) is 1.97. The van der Waals surface area contributed by atoms with Gasteiger partial charge in [-0.15, -0.1) is 0 Å². The fourth-order valence-corrected chi connectivity index (χ4v) is 1.31. The van der Waals surface area contributed by atoms with Gasteiger partial charge in [0.25, 0.3) is 0 Å². The second kappa shape index (κ2) is 3.63. The van der Waals surface area contributed by atoms with E-state index in [4.69, 9.17) is 16.6 Å². The molecule has 76 valence electrons. The lowest BCUT2D eigenvalue weighted by Gasteiger charge is -2.23. The van der Waals surface area contributed by atoms with Crippen LogP contribution >= 0.6 is 0 Å². The largest absolute Gasteiger partial charge is 0.481 e. The number of hydrogen-bond donors (Lipinski definition) is 3. The zero-order chi connectivity index (χ0) is 10.8. The van der Waals surface area contributed by atoms with Crippen LogP contribution in [-0.2, 0) is 10.3 Å². The molecular weight excluding hydrogens is 182 g/mol. The number of carbonyl (C=O) groups is 1. The molecule has 14 heavy (non-hydrogen) atoms. The summed E-state index contributed by atoms with van der Waals surface area (Å²) >= 11 is 0. The first-order valence-electron chi connectivity index (χ1n) is 4.15. The van der Waals surface area contributed by atoms with Crippen LogP contribution in [0.1, 0.15) is 18.9 Å². The minimum atomic E-state index is -0.982. The lowest BCUT2D eigenvalue weighted by atomic mass is 9.90. The standard InChI is InChI=1S/C9H13N3O2/c1-9(11,5-7(13)14)6-3-2-4-12-8(6)10/h2-4H,5,11H2,1H3,(H2,10,12)(H,13,14)/t9-/m1/s1. The van der Waals surface area contributed by atoms with Gasteiger partial charge in [0.15, 0.2) is 0 Å². The number of hydrogen-bond acceptors (Lipinski definition) is 4. The van der Waals surface area contributed by atoms with E-state index < -0.39 is 11.5 Å². The molecule has 0 radical (unpaired) electrons. The summed E-state index contributed by atoms with van der Waals surface area (Å²) in [6.45, 7) is 1.62. The SMILES string of the molecule is C[C@@](N)(CC(=O)O)c1cccnc1N. The summed E-state index contributed by atoms with van der Waals surface area (Å²) < 4.78 is 0. The number of nitrogens with two attached hydrogens (primary N) is 2. The van der Waals surface area contributed by atoms with Crippen molar-refractivity contribution in [1.82, 2.24) is 4.98 Å². The van der Waals surface area contributed by atoms with Crippen molar-refractivity contribution in [3.63, 3.8) is 0 Å². The van der Waals surface area contributed by atoms with Gasteiger partial charge in [-0.3, -0.25) is 4.79 Å². The summed E-state index contributed by atoms with van der Waals surface area (Å²) in [5.41, 5.74) is 11.0. The number of nitrogens with zero attached hydrogens (tertiary/aromatic N) is 1. The highest BCUT2D eigenvalue weighted by Gasteiger charge is 2.26. The van der Waals surface area contributed by atoms with Crippen LogP contribution in [0.5, 0.6) is 0 Å². The van der Waals surface area contributed by atoms with Gasteiger partial charge in [-0.1, -0.05) is 6.07 Å². The summed E-state index contributed by atoms with van der Waals surface area (Å²) in [4.78, 5) is 14.4. The molecule has 5 heteroatoms. The Morgan fingerprint density at radius 2 is 2.36 bits per heavy atom. The lowest BCUT2D eigenvalue weighted by Crippen LogP contribution is -2.36. The molecule has 0 fully saturated rings. The Hall–Kier alpha value is -1.62. The van der Waals surface area contributed by atoms with Crippen molar-refractivity contribution in [3.05, 3.63) is 23.9 Å². The van der Waals surface area contributed by atoms with Crippen LogP contribution in [0.4, 0.5) is 5.82 Å². The third-order valence-corrected chi connectivity index (χ3v) is 1.97. The molecule has 5 nitrogen and oxygen atoms in total. The van der Waals surface area contributed by atoms with Gasteiger partial charge in [0.1, 0.15) is 5.82 Å². The maximum atomic E-state index is 10.6. The van der Waals surface area contributed by atoms with E-state index >= 15 is 0 Å². The van der Waals surface area contributed by atoms with Crippen LogP contribution in [0.2, 0.25) is 0 Å². The van der Waals surface area contributed by atoms with Gasteiger partial charge in [-0.05, 0) is 13.0 Å². The topological polar surface area (TPSA) is 102 Å². The summed E-state index contributed by atoms with van der Waals surface area (Å²) in [6.07, 6.45) is 1.36. The van der Waals surface area contributed by atoms with Gasteiger partial charge in [0.2, 0.25) is 0 Å². The smallest absolute Gasteiger partial charge is 0.305 e.